The third-order valence-corrected chi connectivity index (χ3v) is 3.29. The fourth-order valence-corrected chi connectivity index (χ4v) is 2.05. The van der Waals surface area contributed by atoms with Gasteiger partial charge in [0.15, 0.2) is 0 Å². The van der Waals surface area contributed by atoms with Crippen molar-refractivity contribution in [3.8, 4) is 0 Å². The highest BCUT2D eigenvalue weighted by molar-refractivity contribution is 5.96. The Hall–Kier alpha value is -1.68. The summed E-state index contributed by atoms with van der Waals surface area (Å²) >= 11 is 0. The van der Waals surface area contributed by atoms with E-state index in [1.165, 1.54) is 12.5 Å². The molecule has 1 aromatic rings. The number of benzene rings is 1. The monoisotopic (exact) mass is 276 g/mol. The molecule has 0 heterocycles. The Labute approximate surface area is 121 Å². The first-order chi connectivity index (χ1) is 9.56. The summed E-state index contributed by atoms with van der Waals surface area (Å²) in [6, 6.07) is 8.09. The van der Waals surface area contributed by atoms with Gasteiger partial charge in [0.25, 0.3) is 0 Å². The maximum Gasteiger partial charge on any atom is 0.227 e. The van der Waals surface area contributed by atoms with Crippen LogP contribution >= 0.6 is 0 Å². The standard InChI is InChI=1S/C16H24N2O2/c1-4-18(5-2)12-15-9-7-6-8-14(15)11-17-16(20)10-13(3)19/h6-9H,4-5,10-12H2,1-3H3,(H,17,20). The zero-order chi connectivity index (χ0) is 15.0. The van der Waals surface area contributed by atoms with Crippen molar-refractivity contribution in [3.63, 3.8) is 0 Å². The van der Waals surface area contributed by atoms with E-state index < -0.39 is 0 Å². The molecule has 0 radical (unpaired) electrons. The van der Waals surface area contributed by atoms with Gasteiger partial charge in [0.1, 0.15) is 5.78 Å². The molecule has 0 unspecified atom stereocenters. The summed E-state index contributed by atoms with van der Waals surface area (Å²) in [5.74, 6) is -0.325. The smallest absolute Gasteiger partial charge is 0.227 e. The molecule has 1 N–H and O–H groups in total. The van der Waals surface area contributed by atoms with Crippen LogP contribution in [0.3, 0.4) is 0 Å². The fourth-order valence-electron chi connectivity index (χ4n) is 2.05. The lowest BCUT2D eigenvalue weighted by atomic mass is 10.1. The number of nitrogens with zero attached hydrogens (tertiary/aromatic N) is 1. The molecule has 0 bridgehead atoms. The molecule has 1 rings (SSSR count). The molecular formula is C16H24N2O2. The van der Waals surface area contributed by atoms with Crippen molar-refractivity contribution in [2.75, 3.05) is 13.1 Å². The van der Waals surface area contributed by atoms with E-state index in [9.17, 15) is 9.59 Å². The molecule has 0 aliphatic heterocycles. The number of carbonyl (C=O) groups excluding carboxylic acids is 2. The number of amides is 1. The van der Waals surface area contributed by atoms with Gasteiger partial charge >= 0.3 is 0 Å². The SMILES string of the molecule is CCN(CC)Cc1ccccc1CNC(=O)CC(C)=O. The number of nitrogens with one attached hydrogen (secondary N) is 1. The van der Waals surface area contributed by atoms with E-state index in [1.54, 1.807) is 0 Å². The van der Waals surface area contributed by atoms with Crippen molar-refractivity contribution in [1.29, 1.82) is 0 Å². The summed E-state index contributed by atoms with van der Waals surface area (Å²) in [6.45, 7) is 9.06. The molecule has 4 nitrogen and oxygen atoms in total. The van der Waals surface area contributed by atoms with Gasteiger partial charge in [-0.25, -0.2) is 0 Å². The zero-order valence-corrected chi connectivity index (χ0v) is 12.6. The third kappa shape index (κ3) is 5.53. The Balaban J connectivity index is 2.65. The molecule has 20 heavy (non-hydrogen) atoms. The van der Waals surface area contributed by atoms with Crippen LogP contribution in [0.1, 0.15) is 38.3 Å². The highest BCUT2D eigenvalue weighted by Gasteiger charge is 2.08. The van der Waals surface area contributed by atoms with E-state index in [4.69, 9.17) is 0 Å². The summed E-state index contributed by atoms with van der Waals surface area (Å²) in [5.41, 5.74) is 2.33. The Morgan fingerprint density at radius 2 is 1.70 bits per heavy atom. The van der Waals surface area contributed by atoms with Crippen LogP contribution in [0.5, 0.6) is 0 Å². The molecule has 1 amide bonds. The minimum absolute atomic E-state index is 0.0434. The molecule has 1 aromatic carbocycles. The Kier molecular flexibility index (Phi) is 6.94. The van der Waals surface area contributed by atoms with Gasteiger partial charge in [-0.2, -0.15) is 0 Å². The predicted molar refractivity (Wildman–Crippen MR) is 80.2 cm³/mol. The van der Waals surface area contributed by atoms with Crippen molar-refractivity contribution in [2.45, 2.75) is 40.3 Å². The van der Waals surface area contributed by atoms with Crippen LogP contribution in [0.25, 0.3) is 0 Å². The van der Waals surface area contributed by atoms with Gasteiger partial charge in [0.05, 0.1) is 6.42 Å². The Morgan fingerprint density at radius 1 is 1.10 bits per heavy atom. The van der Waals surface area contributed by atoms with E-state index in [-0.39, 0.29) is 18.1 Å². The molecule has 0 aliphatic rings. The number of carbonyl (C=O) groups is 2. The minimum atomic E-state index is -0.213. The van der Waals surface area contributed by atoms with Crippen molar-refractivity contribution in [3.05, 3.63) is 35.4 Å². The van der Waals surface area contributed by atoms with Crippen LogP contribution in [-0.4, -0.2) is 29.7 Å². The first-order valence-electron chi connectivity index (χ1n) is 7.12. The van der Waals surface area contributed by atoms with Gasteiger partial charge in [-0.1, -0.05) is 38.1 Å². The maximum absolute atomic E-state index is 11.5. The number of hydrogen-bond acceptors (Lipinski definition) is 3. The third-order valence-electron chi connectivity index (χ3n) is 3.29. The van der Waals surface area contributed by atoms with E-state index in [0.717, 1.165) is 25.2 Å². The lowest BCUT2D eigenvalue weighted by Gasteiger charge is -2.20. The van der Waals surface area contributed by atoms with Crippen molar-refractivity contribution in [2.24, 2.45) is 0 Å². The largest absolute Gasteiger partial charge is 0.352 e. The molecule has 0 fully saturated rings. The van der Waals surface area contributed by atoms with Crippen LogP contribution in [-0.2, 0) is 22.7 Å². The summed E-state index contributed by atoms with van der Waals surface area (Å²) in [5, 5.41) is 2.80. The summed E-state index contributed by atoms with van der Waals surface area (Å²) < 4.78 is 0. The highest BCUT2D eigenvalue weighted by Crippen LogP contribution is 2.11. The molecular weight excluding hydrogens is 252 g/mol. The van der Waals surface area contributed by atoms with E-state index in [2.05, 4.69) is 30.1 Å². The minimum Gasteiger partial charge on any atom is -0.352 e. The molecule has 0 aliphatic carbocycles. The molecule has 0 saturated carbocycles. The first kappa shape index (κ1) is 16.4. The Morgan fingerprint density at radius 3 is 2.25 bits per heavy atom. The van der Waals surface area contributed by atoms with Crippen molar-refractivity contribution in [1.82, 2.24) is 10.2 Å². The molecule has 0 atom stereocenters. The Bertz CT molecular complexity index is 454. The van der Waals surface area contributed by atoms with Gasteiger partial charge in [-0.05, 0) is 31.1 Å². The molecule has 0 spiro atoms. The summed E-state index contributed by atoms with van der Waals surface area (Å²) in [6.07, 6.45) is -0.0434. The molecule has 0 saturated heterocycles. The normalized spacial score (nSPS) is 10.6. The lowest BCUT2D eigenvalue weighted by Crippen LogP contribution is -2.26. The quantitative estimate of drug-likeness (QED) is 0.740. The van der Waals surface area contributed by atoms with E-state index in [1.807, 2.05) is 18.2 Å². The molecule has 4 heteroatoms. The summed E-state index contributed by atoms with van der Waals surface area (Å²) in [4.78, 5) is 24.7. The van der Waals surface area contributed by atoms with Gasteiger partial charge in [0.2, 0.25) is 5.91 Å². The average Bonchev–Trinajstić information content (AvgIpc) is 2.42. The number of hydrogen-bond donors (Lipinski definition) is 1. The van der Waals surface area contributed by atoms with Gasteiger partial charge in [-0.3, -0.25) is 14.5 Å². The van der Waals surface area contributed by atoms with Gasteiger partial charge < -0.3 is 5.32 Å². The number of ketones is 1. The van der Waals surface area contributed by atoms with Crippen LogP contribution in [0.2, 0.25) is 0 Å². The van der Waals surface area contributed by atoms with Gasteiger partial charge in [0, 0.05) is 13.1 Å². The van der Waals surface area contributed by atoms with Crippen LogP contribution in [0, 0.1) is 0 Å². The second-order valence-electron chi connectivity index (χ2n) is 4.89. The number of rotatable bonds is 8. The van der Waals surface area contributed by atoms with Gasteiger partial charge in [-0.15, -0.1) is 0 Å². The molecule has 0 aromatic heterocycles. The van der Waals surface area contributed by atoms with Crippen molar-refractivity contribution < 1.29 is 9.59 Å². The predicted octanol–water partition coefficient (Wildman–Crippen LogP) is 2.12. The highest BCUT2D eigenvalue weighted by atomic mass is 16.2. The zero-order valence-electron chi connectivity index (χ0n) is 12.6. The summed E-state index contributed by atoms with van der Waals surface area (Å²) in [7, 11) is 0. The first-order valence-corrected chi connectivity index (χ1v) is 7.12. The van der Waals surface area contributed by atoms with Crippen LogP contribution in [0.4, 0.5) is 0 Å². The van der Waals surface area contributed by atoms with Crippen LogP contribution < -0.4 is 5.32 Å². The average molecular weight is 276 g/mol. The van der Waals surface area contributed by atoms with Crippen LogP contribution in [0.15, 0.2) is 24.3 Å². The fraction of sp³-hybridized carbons (Fsp3) is 0.500. The van der Waals surface area contributed by atoms with Crippen molar-refractivity contribution >= 4 is 11.7 Å². The number of Topliss-reactive ketones (excluding diaryl/α,β-unsaturated/α-hetero) is 1. The van der Waals surface area contributed by atoms with E-state index >= 15 is 0 Å². The van der Waals surface area contributed by atoms with E-state index in [0.29, 0.717) is 6.54 Å². The molecule has 110 valence electrons. The lowest BCUT2D eigenvalue weighted by molar-refractivity contribution is -0.127. The maximum atomic E-state index is 11.5. The second kappa shape index (κ2) is 8.48. The topological polar surface area (TPSA) is 49.4 Å². The second-order valence-corrected chi connectivity index (χ2v) is 4.89.